The highest BCUT2D eigenvalue weighted by Crippen LogP contribution is 2.33. The van der Waals surface area contributed by atoms with Crippen LogP contribution in [-0.2, 0) is 9.59 Å². The molecule has 0 spiro atoms. The Balaban J connectivity index is 2.40. The van der Waals surface area contributed by atoms with Crippen LogP contribution in [0.1, 0.15) is 51.9 Å². The average Bonchev–Trinajstić information content (AvgIpc) is 2.88. The van der Waals surface area contributed by atoms with Crippen molar-refractivity contribution in [1.82, 2.24) is 0 Å². The molecule has 0 aliphatic heterocycles. The predicted molar refractivity (Wildman–Crippen MR) is 106 cm³/mol. The Kier molecular flexibility index (Phi) is 11.3. The van der Waals surface area contributed by atoms with E-state index in [0.29, 0.717) is 25.7 Å². The van der Waals surface area contributed by atoms with Crippen LogP contribution in [0.15, 0.2) is 48.6 Å². The fraction of sp³-hybridized carbons (Fsp3) is 0.545. The Morgan fingerprint density at radius 2 is 1.93 bits per heavy atom. The number of aliphatic hydroxyl groups is 2. The Hall–Kier alpha value is -1.98. The van der Waals surface area contributed by atoms with Gasteiger partial charge in [-0.3, -0.25) is 9.59 Å². The SMILES string of the molecule is CC/C=C\C[C@@H]1C(=O)C[C@@H](O)[C@H]1/C=C/[C@@H](O)C/C=C\C/C=C\CCC(=O)O. The van der Waals surface area contributed by atoms with Crippen LogP contribution in [0.5, 0.6) is 0 Å². The Bertz CT molecular complexity index is 573. The van der Waals surface area contributed by atoms with Crippen molar-refractivity contribution < 1.29 is 24.9 Å². The number of carboxylic acid groups (broad SMARTS) is 1. The number of rotatable bonds is 12. The Labute approximate surface area is 161 Å². The summed E-state index contributed by atoms with van der Waals surface area (Å²) in [6, 6.07) is 0. The van der Waals surface area contributed by atoms with Gasteiger partial charge in [0.15, 0.2) is 0 Å². The van der Waals surface area contributed by atoms with Crippen molar-refractivity contribution in [2.75, 3.05) is 0 Å². The summed E-state index contributed by atoms with van der Waals surface area (Å²) in [6.45, 7) is 2.04. The van der Waals surface area contributed by atoms with E-state index in [4.69, 9.17) is 5.11 Å². The van der Waals surface area contributed by atoms with E-state index in [0.717, 1.165) is 6.42 Å². The molecular weight excluding hydrogens is 344 g/mol. The van der Waals surface area contributed by atoms with Gasteiger partial charge in [0.05, 0.1) is 12.2 Å². The van der Waals surface area contributed by atoms with E-state index in [9.17, 15) is 19.8 Å². The Morgan fingerprint density at radius 1 is 1.19 bits per heavy atom. The van der Waals surface area contributed by atoms with Gasteiger partial charge in [-0.15, -0.1) is 0 Å². The third-order valence-electron chi connectivity index (χ3n) is 4.59. The van der Waals surface area contributed by atoms with Crippen LogP contribution >= 0.6 is 0 Å². The van der Waals surface area contributed by atoms with E-state index in [2.05, 4.69) is 0 Å². The third-order valence-corrected chi connectivity index (χ3v) is 4.59. The first-order valence-electron chi connectivity index (χ1n) is 9.69. The monoisotopic (exact) mass is 376 g/mol. The summed E-state index contributed by atoms with van der Waals surface area (Å²) in [5, 5.41) is 28.7. The molecule has 5 nitrogen and oxygen atoms in total. The van der Waals surface area contributed by atoms with E-state index in [-0.39, 0.29) is 30.5 Å². The van der Waals surface area contributed by atoms with Crippen LogP contribution in [-0.4, -0.2) is 39.3 Å². The molecule has 5 heteroatoms. The quantitative estimate of drug-likeness (QED) is 0.453. The van der Waals surface area contributed by atoms with E-state index < -0.39 is 18.2 Å². The summed E-state index contributed by atoms with van der Waals surface area (Å²) >= 11 is 0. The summed E-state index contributed by atoms with van der Waals surface area (Å²) in [7, 11) is 0. The molecule has 1 aliphatic rings. The number of carbonyl (C=O) groups excluding carboxylic acids is 1. The lowest BCUT2D eigenvalue weighted by Gasteiger charge is -2.16. The normalized spacial score (nSPS) is 24.9. The van der Waals surface area contributed by atoms with E-state index >= 15 is 0 Å². The first kappa shape index (κ1) is 23.1. The summed E-state index contributed by atoms with van der Waals surface area (Å²) in [5.74, 6) is -1.17. The van der Waals surface area contributed by atoms with Gasteiger partial charge in [0, 0.05) is 24.7 Å². The van der Waals surface area contributed by atoms with Crippen molar-refractivity contribution >= 4 is 11.8 Å². The number of carbonyl (C=O) groups is 2. The topological polar surface area (TPSA) is 94.8 Å². The second kappa shape index (κ2) is 13.2. The highest BCUT2D eigenvalue weighted by Gasteiger charge is 2.39. The molecule has 0 heterocycles. The molecular formula is C22H32O5. The predicted octanol–water partition coefficient (Wildman–Crippen LogP) is 3.58. The smallest absolute Gasteiger partial charge is 0.303 e. The van der Waals surface area contributed by atoms with Gasteiger partial charge in [-0.25, -0.2) is 0 Å². The third kappa shape index (κ3) is 9.50. The standard InChI is InChI=1S/C22H32O5/c1-2-3-8-12-18-19(21(25)16-20(18)24)15-14-17(23)11-9-6-4-5-7-10-13-22(26)27/h3,5-9,14-15,17-19,21,23,25H,2,4,10-13,16H2,1H3,(H,26,27)/b7-5-,8-3-,9-6-,15-14+/t17-,18-,19-,21+/m0/s1. The van der Waals surface area contributed by atoms with E-state index in [1.165, 1.54) is 0 Å². The zero-order chi connectivity index (χ0) is 20.1. The van der Waals surface area contributed by atoms with Crippen molar-refractivity contribution in [3.8, 4) is 0 Å². The fourth-order valence-corrected chi connectivity index (χ4v) is 3.10. The van der Waals surface area contributed by atoms with Crippen LogP contribution < -0.4 is 0 Å². The zero-order valence-corrected chi connectivity index (χ0v) is 16.0. The van der Waals surface area contributed by atoms with Crippen LogP contribution in [0.2, 0.25) is 0 Å². The lowest BCUT2D eigenvalue weighted by Crippen LogP contribution is -2.18. The van der Waals surface area contributed by atoms with Gasteiger partial charge >= 0.3 is 5.97 Å². The maximum atomic E-state index is 12.0. The number of allylic oxidation sites excluding steroid dienone is 5. The number of aliphatic hydroxyl groups excluding tert-OH is 2. The van der Waals surface area contributed by atoms with Crippen LogP contribution in [0.4, 0.5) is 0 Å². The molecule has 1 saturated carbocycles. The lowest BCUT2D eigenvalue weighted by atomic mass is 9.90. The van der Waals surface area contributed by atoms with Gasteiger partial charge in [-0.1, -0.05) is 55.5 Å². The van der Waals surface area contributed by atoms with E-state index in [1.807, 2.05) is 43.4 Å². The molecule has 0 amide bonds. The molecule has 0 aromatic rings. The van der Waals surface area contributed by atoms with Crippen LogP contribution in [0.3, 0.4) is 0 Å². The maximum absolute atomic E-state index is 12.0. The van der Waals surface area contributed by atoms with Crippen molar-refractivity contribution in [2.45, 2.75) is 64.1 Å². The lowest BCUT2D eigenvalue weighted by molar-refractivity contribution is -0.136. The van der Waals surface area contributed by atoms with Crippen LogP contribution in [0, 0.1) is 11.8 Å². The van der Waals surface area contributed by atoms with Crippen molar-refractivity contribution in [2.24, 2.45) is 11.8 Å². The summed E-state index contributed by atoms with van der Waals surface area (Å²) in [6.07, 6.45) is 17.2. The van der Waals surface area contributed by atoms with Crippen molar-refractivity contribution in [1.29, 1.82) is 0 Å². The van der Waals surface area contributed by atoms with E-state index in [1.54, 1.807) is 12.2 Å². The Morgan fingerprint density at radius 3 is 2.63 bits per heavy atom. The molecule has 1 aliphatic carbocycles. The second-order valence-corrected chi connectivity index (χ2v) is 6.84. The molecule has 0 radical (unpaired) electrons. The summed E-state index contributed by atoms with van der Waals surface area (Å²) < 4.78 is 0. The first-order valence-corrected chi connectivity index (χ1v) is 9.69. The minimum atomic E-state index is -0.803. The summed E-state index contributed by atoms with van der Waals surface area (Å²) in [4.78, 5) is 22.4. The second-order valence-electron chi connectivity index (χ2n) is 6.84. The van der Waals surface area contributed by atoms with Crippen molar-refractivity contribution in [3.05, 3.63) is 48.6 Å². The van der Waals surface area contributed by atoms with Gasteiger partial charge in [0.2, 0.25) is 0 Å². The van der Waals surface area contributed by atoms with Crippen molar-refractivity contribution in [3.63, 3.8) is 0 Å². The molecule has 3 N–H and O–H groups in total. The van der Waals surface area contributed by atoms with Gasteiger partial charge in [0.1, 0.15) is 5.78 Å². The van der Waals surface area contributed by atoms with Gasteiger partial charge in [0.25, 0.3) is 0 Å². The molecule has 0 aromatic heterocycles. The molecule has 27 heavy (non-hydrogen) atoms. The zero-order valence-electron chi connectivity index (χ0n) is 16.0. The number of ketones is 1. The van der Waals surface area contributed by atoms with Gasteiger partial charge in [-0.05, 0) is 32.1 Å². The number of hydrogen-bond acceptors (Lipinski definition) is 4. The van der Waals surface area contributed by atoms with Gasteiger partial charge < -0.3 is 15.3 Å². The first-order chi connectivity index (χ1) is 13.0. The molecule has 4 atom stereocenters. The van der Waals surface area contributed by atoms with Gasteiger partial charge in [-0.2, -0.15) is 0 Å². The number of aliphatic carboxylic acids is 1. The highest BCUT2D eigenvalue weighted by molar-refractivity contribution is 5.84. The number of hydrogen-bond donors (Lipinski definition) is 3. The molecule has 0 bridgehead atoms. The maximum Gasteiger partial charge on any atom is 0.303 e. The molecule has 1 fully saturated rings. The molecule has 1 rings (SSSR count). The average molecular weight is 376 g/mol. The number of Topliss-reactive ketones (excluding diaryl/α,β-unsaturated/α-hetero) is 1. The molecule has 0 saturated heterocycles. The largest absolute Gasteiger partial charge is 0.481 e. The highest BCUT2D eigenvalue weighted by atomic mass is 16.4. The minimum absolute atomic E-state index is 0.0852. The molecule has 0 aromatic carbocycles. The molecule has 0 unspecified atom stereocenters. The fourth-order valence-electron chi connectivity index (χ4n) is 3.10. The summed E-state index contributed by atoms with van der Waals surface area (Å²) in [5.41, 5.74) is 0. The van der Waals surface area contributed by atoms with Crippen LogP contribution in [0.25, 0.3) is 0 Å². The minimum Gasteiger partial charge on any atom is -0.481 e. The molecule has 150 valence electrons. The number of carboxylic acids is 1.